The molecule has 0 radical (unpaired) electrons. The van der Waals surface area contributed by atoms with E-state index in [1.54, 1.807) is 19.2 Å². The van der Waals surface area contributed by atoms with Gasteiger partial charge in [0.2, 0.25) is 0 Å². The molecule has 1 aromatic carbocycles. The van der Waals surface area contributed by atoms with Gasteiger partial charge in [-0.1, -0.05) is 0 Å². The summed E-state index contributed by atoms with van der Waals surface area (Å²) < 4.78 is 15.9. The first-order chi connectivity index (χ1) is 9.76. The fourth-order valence-corrected chi connectivity index (χ4v) is 2.51. The fourth-order valence-electron chi connectivity index (χ4n) is 2.51. The Kier molecular flexibility index (Phi) is 3.64. The van der Waals surface area contributed by atoms with Crippen LogP contribution in [0.3, 0.4) is 0 Å². The van der Waals surface area contributed by atoms with Crippen LogP contribution in [0.1, 0.15) is 12.8 Å². The molecule has 1 aliphatic rings. The molecular formula is C14H18N2O4. The molecule has 2 aromatic rings. The molecule has 1 aliphatic heterocycles. The molecule has 108 valence electrons. The van der Waals surface area contributed by atoms with Crippen molar-refractivity contribution in [1.82, 2.24) is 4.98 Å². The minimum atomic E-state index is -0.458. The summed E-state index contributed by atoms with van der Waals surface area (Å²) in [6, 6.07) is 3.55. The van der Waals surface area contributed by atoms with E-state index >= 15 is 0 Å². The maximum atomic E-state index is 11.2. The number of ether oxygens (including phenoxy) is 2. The zero-order valence-electron chi connectivity index (χ0n) is 11.4. The Labute approximate surface area is 116 Å². The van der Waals surface area contributed by atoms with Crippen molar-refractivity contribution in [2.24, 2.45) is 5.92 Å². The molecule has 6 nitrogen and oxygen atoms in total. The summed E-state index contributed by atoms with van der Waals surface area (Å²) in [7, 11) is 1.61. The lowest BCUT2D eigenvalue weighted by Crippen LogP contribution is -2.24. The summed E-state index contributed by atoms with van der Waals surface area (Å²) in [6.07, 6.45) is 2.27. The van der Waals surface area contributed by atoms with Crippen molar-refractivity contribution in [2.45, 2.75) is 12.8 Å². The second-order valence-corrected chi connectivity index (χ2v) is 5.03. The summed E-state index contributed by atoms with van der Waals surface area (Å²) in [5, 5.41) is 3.35. The SMILES string of the molecule is COc1cc2[nH]c(=O)oc2cc1NCC1CCCOC1. The number of hydrogen-bond acceptors (Lipinski definition) is 5. The number of fused-ring (bicyclic) bond motifs is 1. The monoisotopic (exact) mass is 278 g/mol. The molecule has 6 heteroatoms. The summed E-state index contributed by atoms with van der Waals surface area (Å²) >= 11 is 0. The van der Waals surface area contributed by atoms with Crippen molar-refractivity contribution < 1.29 is 13.9 Å². The van der Waals surface area contributed by atoms with E-state index in [2.05, 4.69) is 10.3 Å². The van der Waals surface area contributed by atoms with Gasteiger partial charge in [0.25, 0.3) is 0 Å². The Bertz CT molecular complexity index is 640. The highest BCUT2D eigenvalue weighted by molar-refractivity contribution is 5.81. The highest BCUT2D eigenvalue weighted by atomic mass is 16.5. The number of benzene rings is 1. The number of methoxy groups -OCH3 is 1. The highest BCUT2D eigenvalue weighted by Gasteiger charge is 2.15. The summed E-state index contributed by atoms with van der Waals surface area (Å²) in [6.45, 7) is 2.47. The normalized spacial score (nSPS) is 19.1. The molecule has 0 amide bonds. The Balaban J connectivity index is 1.79. The number of nitrogens with one attached hydrogen (secondary N) is 2. The third kappa shape index (κ3) is 2.65. The average molecular weight is 278 g/mol. The van der Waals surface area contributed by atoms with Gasteiger partial charge in [-0.2, -0.15) is 0 Å². The molecule has 1 fully saturated rings. The van der Waals surface area contributed by atoms with Crippen LogP contribution in [-0.4, -0.2) is 31.9 Å². The van der Waals surface area contributed by atoms with E-state index in [4.69, 9.17) is 13.9 Å². The third-order valence-electron chi connectivity index (χ3n) is 3.58. The van der Waals surface area contributed by atoms with Crippen molar-refractivity contribution in [1.29, 1.82) is 0 Å². The fraction of sp³-hybridized carbons (Fsp3) is 0.500. The standard InChI is InChI=1S/C14H18N2O4/c1-18-12-6-11-13(20-14(17)16-11)5-10(12)15-7-9-3-2-4-19-8-9/h5-6,9,15H,2-4,7-8H2,1H3,(H,16,17). The number of rotatable bonds is 4. The van der Waals surface area contributed by atoms with Gasteiger partial charge in [-0.05, 0) is 18.8 Å². The van der Waals surface area contributed by atoms with E-state index in [-0.39, 0.29) is 0 Å². The van der Waals surface area contributed by atoms with Gasteiger partial charge in [-0.3, -0.25) is 4.98 Å². The van der Waals surface area contributed by atoms with Crippen molar-refractivity contribution in [2.75, 3.05) is 32.2 Å². The largest absolute Gasteiger partial charge is 0.495 e. The lowest BCUT2D eigenvalue weighted by molar-refractivity contribution is 0.0595. The van der Waals surface area contributed by atoms with Crippen molar-refractivity contribution in [3.05, 3.63) is 22.7 Å². The van der Waals surface area contributed by atoms with Crippen LogP contribution >= 0.6 is 0 Å². The van der Waals surface area contributed by atoms with Crippen LogP contribution in [0.25, 0.3) is 11.1 Å². The number of aromatic amines is 1. The van der Waals surface area contributed by atoms with Gasteiger partial charge < -0.3 is 19.2 Å². The number of anilines is 1. The van der Waals surface area contributed by atoms with Gasteiger partial charge in [0.05, 0.1) is 24.9 Å². The van der Waals surface area contributed by atoms with Crippen molar-refractivity contribution >= 4 is 16.8 Å². The van der Waals surface area contributed by atoms with E-state index in [9.17, 15) is 4.79 Å². The zero-order chi connectivity index (χ0) is 13.9. The van der Waals surface area contributed by atoms with Gasteiger partial charge in [0.15, 0.2) is 5.58 Å². The van der Waals surface area contributed by atoms with E-state index in [0.717, 1.165) is 38.3 Å². The summed E-state index contributed by atoms with van der Waals surface area (Å²) in [4.78, 5) is 13.8. The van der Waals surface area contributed by atoms with Gasteiger partial charge >= 0.3 is 5.76 Å². The lowest BCUT2D eigenvalue weighted by atomic mass is 10.0. The van der Waals surface area contributed by atoms with Gasteiger partial charge in [-0.15, -0.1) is 0 Å². The minimum Gasteiger partial charge on any atom is -0.495 e. The quantitative estimate of drug-likeness (QED) is 0.894. The molecule has 0 bridgehead atoms. The van der Waals surface area contributed by atoms with Crippen LogP contribution in [0.2, 0.25) is 0 Å². The molecule has 3 rings (SSSR count). The molecule has 0 spiro atoms. The van der Waals surface area contributed by atoms with E-state index < -0.39 is 5.76 Å². The van der Waals surface area contributed by atoms with E-state index in [1.165, 1.54) is 0 Å². The molecule has 20 heavy (non-hydrogen) atoms. The van der Waals surface area contributed by atoms with Crippen LogP contribution in [0.15, 0.2) is 21.3 Å². The summed E-state index contributed by atoms with van der Waals surface area (Å²) in [5.41, 5.74) is 1.99. The lowest BCUT2D eigenvalue weighted by Gasteiger charge is -2.23. The molecule has 1 unspecified atom stereocenters. The van der Waals surface area contributed by atoms with Crippen LogP contribution in [0.4, 0.5) is 5.69 Å². The molecule has 1 saturated heterocycles. The Morgan fingerprint density at radius 1 is 1.50 bits per heavy atom. The topological polar surface area (TPSA) is 76.5 Å². The number of oxazole rings is 1. The molecule has 0 saturated carbocycles. The van der Waals surface area contributed by atoms with Gasteiger partial charge in [-0.25, -0.2) is 4.79 Å². The molecule has 2 heterocycles. The van der Waals surface area contributed by atoms with Crippen LogP contribution in [0, 0.1) is 5.92 Å². The molecule has 0 aliphatic carbocycles. The average Bonchev–Trinajstić information content (AvgIpc) is 2.84. The van der Waals surface area contributed by atoms with Crippen molar-refractivity contribution in [3.8, 4) is 5.75 Å². The smallest absolute Gasteiger partial charge is 0.417 e. The first-order valence-corrected chi connectivity index (χ1v) is 6.79. The highest BCUT2D eigenvalue weighted by Crippen LogP contribution is 2.29. The second kappa shape index (κ2) is 5.58. The third-order valence-corrected chi connectivity index (χ3v) is 3.58. The first kappa shape index (κ1) is 13.1. The van der Waals surface area contributed by atoms with E-state index in [0.29, 0.717) is 22.8 Å². The minimum absolute atomic E-state index is 0.458. The Hall–Kier alpha value is -1.95. The van der Waals surface area contributed by atoms with Crippen LogP contribution in [-0.2, 0) is 4.74 Å². The Morgan fingerprint density at radius 2 is 2.40 bits per heavy atom. The van der Waals surface area contributed by atoms with Crippen LogP contribution in [0.5, 0.6) is 5.75 Å². The molecule has 1 aromatic heterocycles. The predicted octanol–water partition coefficient (Wildman–Crippen LogP) is 1.97. The number of H-pyrrole nitrogens is 1. The van der Waals surface area contributed by atoms with Gasteiger partial charge in [0, 0.05) is 25.3 Å². The zero-order valence-corrected chi connectivity index (χ0v) is 11.4. The first-order valence-electron chi connectivity index (χ1n) is 6.79. The number of aromatic nitrogens is 1. The number of hydrogen-bond donors (Lipinski definition) is 2. The Morgan fingerprint density at radius 3 is 3.15 bits per heavy atom. The second-order valence-electron chi connectivity index (χ2n) is 5.03. The van der Waals surface area contributed by atoms with E-state index in [1.807, 2.05) is 0 Å². The maximum Gasteiger partial charge on any atom is 0.417 e. The van der Waals surface area contributed by atoms with Crippen molar-refractivity contribution in [3.63, 3.8) is 0 Å². The maximum absolute atomic E-state index is 11.2. The molecular weight excluding hydrogens is 260 g/mol. The molecule has 2 N–H and O–H groups in total. The molecule has 1 atom stereocenters. The summed E-state index contributed by atoms with van der Waals surface area (Å²) in [5.74, 6) is 0.730. The van der Waals surface area contributed by atoms with Gasteiger partial charge in [0.1, 0.15) is 5.75 Å². The predicted molar refractivity (Wildman–Crippen MR) is 75.4 cm³/mol. The van der Waals surface area contributed by atoms with Crippen LogP contribution < -0.4 is 15.8 Å².